The van der Waals surface area contributed by atoms with E-state index in [4.69, 9.17) is 14.2 Å². The Kier molecular flexibility index (Phi) is 6.90. The molecule has 25 heavy (non-hydrogen) atoms. The standard InChI is InChI=1S/C21H27NO3/c1-15(2)14-25-21-11-18(8-9-19(21)23-4)13-22-12-17-7-6-16(3)20(10-17)24-5/h6-11,22H,1,12-14H2,2-5H3. The summed E-state index contributed by atoms with van der Waals surface area (Å²) in [6.07, 6.45) is 0. The quantitative estimate of drug-likeness (QED) is 0.692. The van der Waals surface area contributed by atoms with Crippen LogP contribution in [-0.4, -0.2) is 20.8 Å². The van der Waals surface area contributed by atoms with Gasteiger partial charge in [-0.3, -0.25) is 0 Å². The Morgan fingerprint density at radius 2 is 1.52 bits per heavy atom. The highest BCUT2D eigenvalue weighted by atomic mass is 16.5. The lowest BCUT2D eigenvalue weighted by Gasteiger charge is -2.13. The van der Waals surface area contributed by atoms with Crippen LogP contribution in [-0.2, 0) is 13.1 Å². The Morgan fingerprint density at radius 1 is 0.920 bits per heavy atom. The Hall–Kier alpha value is -2.46. The van der Waals surface area contributed by atoms with Crippen molar-refractivity contribution in [1.82, 2.24) is 5.32 Å². The van der Waals surface area contributed by atoms with Crippen LogP contribution in [0.5, 0.6) is 17.2 Å². The van der Waals surface area contributed by atoms with Crippen molar-refractivity contribution in [1.29, 1.82) is 0 Å². The van der Waals surface area contributed by atoms with Crippen molar-refractivity contribution < 1.29 is 14.2 Å². The van der Waals surface area contributed by atoms with Gasteiger partial charge in [0.05, 0.1) is 14.2 Å². The Labute approximate surface area is 150 Å². The normalized spacial score (nSPS) is 10.4. The molecule has 0 fully saturated rings. The fourth-order valence-electron chi connectivity index (χ4n) is 2.47. The fraction of sp³-hybridized carbons (Fsp3) is 0.333. The van der Waals surface area contributed by atoms with Gasteiger partial charge in [0, 0.05) is 13.1 Å². The topological polar surface area (TPSA) is 39.7 Å². The molecule has 0 unspecified atom stereocenters. The largest absolute Gasteiger partial charge is 0.496 e. The molecule has 0 amide bonds. The summed E-state index contributed by atoms with van der Waals surface area (Å²) in [6, 6.07) is 12.2. The van der Waals surface area contributed by atoms with E-state index in [-0.39, 0.29) is 0 Å². The Balaban J connectivity index is 1.98. The van der Waals surface area contributed by atoms with Gasteiger partial charge >= 0.3 is 0 Å². The van der Waals surface area contributed by atoms with Crippen LogP contribution in [0.2, 0.25) is 0 Å². The van der Waals surface area contributed by atoms with Crippen molar-refractivity contribution in [2.45, 2.75) is 26.9 Å². The van der Waals surface area contributed by atoms with Crippen LogP contribution in [0.15, 0.2) is 48.6 Å². The molecule has 4 heteroatoms. The zero-order valence-corrected chi connectivity index (χ0v) is 15.5. The van der Waals surface area contributed by atoms with Crippen molar-refractivity contribution in [3.63, 3.8) is 0 Å². The Morgan fingerprint density at radius 3 is 2.12 bits per heavy atom. The fourth-order valence-corrected chi connectivity index (χ4v) is 2.47. The molecule has 0 atom stereocenters. The van der Waals surface area contributed by atoms with Gasteiger partial charge in [0.1, 0.15) is 12.4 Å². The highest BCUT2D eigenvalue weighted by Gasteiger charge is 2.06. The molecule has 0 radical (unpaired) electrons. The number of rotatable bonds is 9. The summed E-state index contributed by atoms with van der Waals surface area (Å²) < 4.78 is 16.5. The summed E-state index contributed by atoms with van der Waals surface area (Å²) in [7, 11) is 3.34. The van der Waals surface area contributed by atoms with Gasteiger partial charge in [-0.05, 0) is 54.3 Å². The maximum Gasteiger partial charge on any atom is 0.161 e. The van der Waals surface area contributed by atoms with Gasteiger partial charge in [-0.1, -0.05) is 24.8 Å². The molecule has 1 N–H and O–H groups in total. The Bertz CT molecular complexity index is 725. The van der Waals surface area contributed by atoms with Crippen molar-refractivity contribution in [3.8, 4) is 17.2 Å². The highest BCUT2D eigenvalue weighted by Crippen LogP contribution is 2.28. The molecular formula is C21H27NO3. The number of nitrogens with one attached hydrogen (secondary N) is 1. The van der Waals surface area contributed by atoms with Gasteiger partial charge < -0.3 is 19.5 Å². The van der Waals surface area contributed by atoms with Gasteiger partial charge in [0.15, 0.2) is 11.5 Å². The zero-order chi connectivity index (χ0) is 18.2. The lowest BCUT2D eigenvalue weighted by atomic mass is 10.1. The summed E-state index contributed by atoms with van der Waals surface area (Å²) in [4.78, 5) is 0. The first-order valence-corrected chi connectivity index (χ1v) is 8.31. The second kappa shape index (κ2) is 9.14. The van der Waals surface area contributed by atoms with E-state index < -0.39 is 0 Å². The molecule has 2 aromatic rings. The van der Waals surface area contributed by atoms with Gasteiger partial charge in [-0.15, -0.1) is 0 Å². The first kappa shape index (κ1) is 18.9. The SMILES string of the molecule is C=C(C)COc1cc(CNCc2ccc(C)c(OC)c2)ccc1OC. The monoisotopic (exact) mass is 341 g/mol. The third-order valence-corrected chi connectivity index (χ3v) is 3.83. The molecule has 0 aliphatic carbocycles. The predicted octanol–water partition coefficient (Wildman–Crippen LogP) is 4.26. The molecule has 0 heterocycles. The minimum absolute atomic E-state index is 0.483. The minimum Gasteiger partial charge on any atom is -0.496 e. The van der Waals surface area contributed by atoms with Crippen LogP contribution in [0.1, 0.15) is 23.6 Å². The van der Waals surface area contributed by atoms with Gasteiger partial charge in [0.25, 0.3) is 0 Å². The first-order chi connectivity index (χ1) is 12.0. The van der Waals surface area contributed by atoms with Gasteiger partial charge in [0.2, 0.25) is 0 Å². The summed E-state index contributed by atoms with van der Waals surface area (Å²) in [5.74, 6) is 2.38. The van der Waals surface area contributed by atoms with E-state index in [1.807, 2.05) is 32.0 Å². The molecule has 134 valence electrons. The zero-order valence-electron chi connectivity index (χ0n) is 15.5. The van der Waals surface area contributed by atoms with Gasteiger partial charge in [-0.25, -0.2) is 0 Å². The molecule has 0 spiro atoms. The molecule has 2 aromatic carbocycles. The average Bonchev–Trinajstić information content (AvgIpc) is 2.61. The van der Waals surface area contributed by atoms with E-state index in [0.717, 1.165) is 47.0 Å². The molecule has 0 aromatic heterocycles. The lowest BCUT2D eigenvalue weighted by Crippen LogP contribution is -2.13. The number of hydrogen-bond donors (Lipinski definition) is 1. The number of benzene rings is 2. The summed E-state index contributed by atoms with van der Waals surface area (Å²) in [5.41, 5.74) is 4.44. The number of methoxy groups -OCH3 is 2. The van der Waals surface area contributed by atoms with Crippen LogP contribution in [0.3, 0.4) is 0 Å². The summed E-state index contributed by atoms with van der Waals surface area (Å²) in [5, 5.41) is 3.45. The molecule has 0 aliphatic heterocycles. The number of hydrogen-bond acceptors (Lipinski definition) is 4. The van der Waals surface area contributed by atoms with Crippen LogP contribution in [0.25, 0.3) is 0 Å². The van der Waals surface area contributed by atoms with E-state index in [1.54, 1.807) is 14.2 Å². The van der Waals surface area contributed by atoms with Crippen LogP contribution in [0.4, 0.5) is 0 Å². The third-order valence-electron chi connectivity index (χ3n) is 3.83. The van der Waals surface area contributed by atoms with E-state index in [2.05, 4.69) is 30.1 Å². The molecule has 0 bridgehead atoms. The first-order valence-electron chi connectivity index (χ1n) is 8.31. The van der Waals surface area contributed by atoms with E-state index in [0.29, 0.717) is 6.61 Å². The predicted molar refractivity (Wildman–Crippen MR) is 102 cm³/mol. The third kappa shape index (κ3) is 5.54. The number of aryl methyl sites for hydroxylation is 1. The average molecular weight is 341 g/mol. The second-order valence-electron chi connectivity index (χ2n) is 6.14. The second-order valence-corrected chi connectivity index (χ2v) is 6.14. The van der Waals surface area contributed by atoms with Crippen molar-refractivity contribution >= 4 is 0 Å². The molecular weight excluding hydrogens is 314 g/mol. The molecule has 4 nitrogen and oxygen atoms in total. The van der Waals surface area contributed by atoms with E-state index in [1.165, 1.54) is 5.56 Å². The summed E-state index contributed by atoms with van der Waals surface area (Å²) >= 11 is 0. The lowest BCUT2D eigenvalue weighted by molar-refractivity contribution is 0.319. The molecule has 2 rings (SSSR count). The maximum atomic E-state index is 5.77. The van der Waals surface area contributed by atoms with Crippen LogP contribution < -0.4 is 19.5 Å². The minimum atomic E-state index is 0.483. The molecule has 0 saturated heterocycles. The van der Waals surface area contributed by atoms with Crippen molar-refractivity contribution in [3.05, 3.63) is 65.2 Å². The maximum absolute atomic E-state index is 5.77. The number of ether oxygens (including phenoxy) is 3. The molecule has 0 aliphatic rings. The highest BCUT2D eigenvalue weighted by molar-refractivity contribution is 5.43. The van der Waals surface area contributed by atoms with Gasteiger partial charge in [-0.2, -0.15) is 0 Å². The summed E-state index contributed by atoms with van der Waals surface area (Å²) in [6.45, 7) is 9.83. The van der Waals surface area contributed by atoms with Crippen LogP contribution >= 0.6 is 0 Å². The van der Waals surface area contributed by atoms with Crippen molar-refractivity contribution in [2.24, 2.45) is 0 Å². The van der Waals surface area contributed by atoms with Crippen LogP contribution in [0, 0.1) is 6.92 Å². The smallest absolute Gasteiger partial charge is 0.161 e. The van der Waals surface area contributed by atoms with E-state index in [9.17, 15) is 0 Å². The molecule has 0 saturated carbocycles. The van der Waals surface area contributed by atoms with E-state index >= 15 is 0 Å². The van der Waals surface area contributed by atoms with Crippen molar-refractivity contribution in [2.75, 3.05) is 20.8 Å².